The van der Waals surface area contributed by atoms with E-state index in [9.17, 15) is 4.79 Å². The SMILES string of the molecule is C=CCCC(=O)C1C=CC(N)C1. The molecule has 66 valence electrons. The van der Waals surface area contributed by atoms with Crippen molar-refractivity contribution in [3.8, 4) is 0 Å². The van der Waals surface area contributed by atoms with Crippen LogP contribution in [0.1, 0.15) is 19.3 Å². The summed E-state index contributed by atoms with van der Waals surface area (Å²) in [5.74, 6) is 0.360. The van der Waals surface area contributed by atoms with Gasteiger partial charge in [0.2, 0.25) is 0 Å². The number of carbonyl (C=O) groups excluding carboxylic acids is 1. The lowest BCUT2D eigenvalue weighted by atomic mass is 9.99. The molecule has 2 nitrogen and oxygen atoms in total. The van der Waals surface area contributed by atoms with Gasteiger partial charge < -0.3 is 5.73 Å². The van der Waals surface area contributed by atoms with Gasteiger partial charge in [-0.25, -0.2) is 0 Å². The van der Waals surface area contributed by atoms with E-state index in [4.69, 9.17) is 5.73 Å². The van der Waals surface area contributed by atoms with Crippen molar-refractivity contribution in [3.05, 3.63) is 24.8 Å². The van der Waals surface area contributed by atoms with E-state index in [1.807, 2.05) is 12.2 Å². The quantitative estimate of drug-likeness (QED) is 0.640. The molecular weight excluding hydrogens is 150 g/mol. The van der Waals surface area contributed by atoms with Crippen LogP contribution in [0.15, 0.2) is 24.8 Å². The lowest BCUT2D eigenvalue weighted by Gasteiger charge is -2.06. The lowest BCUT2D eigenvalue weighted by molar-refractivity contribution is -0.121. The molecule has 2 N–H and O–H groups in total. The molecule has 0 bridgehead atoms. The van der Waals surface area contributed by atoms with Crippen molar-refractivity contribution in [2.45, 2.75) is 25.3 Å². The molecule has 0 radical (unpaired) electrons. The number of ketones is 1. The van der Waals surface area contributed by atoms with Crippen LogP contribution in [0.5, 0.6) is 0 Å². The van der Waals surface area contributed by atoms with E-state index in [-0.39, 0.29) is 12.0 Å². The zero-order valence-corrected chi connectivity index (χ0v) is 7.20. The van der Waals surface area contributed by atoms with Crippen molar-refractivity contribution in [2.75, 3.05) is 0 Å². The molecule has 0 fully saturated rings. The number of rotatable bonds is 4. The number of carbonyl (C=O) groups is 1. The molecule has 0 saturated heterocycles. The molecule has 0 aromatic carbocycles. The molecule has 2 unspecified atom stereocenters. The Hall–Kier alpha value is -0.890. The van der Waals surface area contributed by atoms with E-state index in [2.05, 4.69) is 6.58 Å². The number of hydrogen-bond donors (Lipinski definition) is 1. The van der Waals surface area contributed by atoms with Gasteiger partial charge in [-0.1, -0.05) is 18.2 Å². The van der Waals surface area contributed by atoms with Gasteiger partial charge in [0.25, 0.3) is 0 Å². The molecule has 1 aliphatic rings. The highest BCUT2D eigenvalue weighted by Crippen LogP contribution is 2.19. The van der Waals surface area contributed by atoms with Crippen LogP contribution in [0.3, 0.4) is 0 Å². The van der Waals surface area contributed by atoms with Gasteiger partial charge in [0.15, 0.2) is 0 Å². The molecule has 12 heavy (non-hydrogen) atoms. The van der Waals surface area contributed by atoms with Gasteiger partial charge in [0, 0.05) is 18.4 Å². The highest BCUT2D eigenvalue weighted by atomic mass is 16.1. The first-order valence-corrected chi connectivity index (χ1v) is 4.31. The van der Waals surface area contributed by atoms with E-state index >= 15 is 0 Å². The van der Waals surface area contributed by atoms with E-state index in [0.29, 0.717) is 12.2 Å². The molecule has 0 amide bonds. The number of allylic oxidation sites excluding steroid dienone is 2. The summed E-state index contributed by atoms with van der Waals surface area (Å²) in [7, 11) is 0. The zero-order valence-electron chi connectivity index (χ0n) is 7.20. The van der Waals surface area contributed by atoms with Gasteiger partial charge in [-0.15, -0.1) is 6.58 Å². The predicted molar refractivity (Wildman–Crippen MR) is 49.7 cm³/mol. The van der Waals surface area contributed by atoms with E-state index in [1.54, 1.807) is 6.08 Å². The minimum atomic E-state index is 0.0694. The first-order valence-electron chi connectivity index (χ1n) is 4.31. The Morgan fingerprint density at radius 2 is 2.42 bits per heavy atom. The first-order chi connectivity index (χ1) is 5.74. The molecular formula is C10H15NO. The summed E-state index contributed by atoms with van der Waals surface area (Å²) in [4.78, 5) is 11.4. The number of nitrogens with two attached hydrogens (primary N) is 1. The van der Waals surface area contributed by atoms with Crippen molar-refractivity contribution in [1.29, 1.82) is 0 Å². The summed E-state index contributed by atoms with van der Waals surface area (Å²) < 4.78 is 0. The zero-order chi connectivity index (χ0) is 8.97. The highest BCUT2D eigenvalue weighted by Gasteiger charge is 2.21. The maximum Gasteiger partial charge on any atom is 0.140 e. The first kappa shape index (κ1) is 9.20. The van der Waals surface area contributed by atoms with Gasteiger partial charge in [0.1, 0.15) is 5.78 Å². The minimum Gasteiger partial charge on any atom is -0.324 e. The Balaban J connectivity index is 2.34. The van der Waals surface area contributed by atoms with Crippen LogP contribution in [0.4, 0.5) is 0 Å². The Kier molecular flexibility index (Phi) is 3.23. The monoisotopic (exact) mass is 165 g/mol. The summed E-state index contributed by atoms with van der Waals surface area (Å²) in [5.41, 5.74) is 5.63. The summed E-state index contributed by atoms with van der Waals surface area (Å²) in [6.07, 6.45) is 7.78. The van der Waals surface area contributed by atoms with Crippen molar-refractivity contribution in [1.82, 2.24) is 0 Å². The summed E-state index contributed by atoms with van der Waals surface area (Å²) >= 11 is 0. The molecule has 0 aliphatic heterocycles. The van der Waals surface area contributed by atoms with Gasteiger partial charge in [-0.2, -0.15) is 0 Å². The topological polar surface area (TPSA) is 43.1 Å². The summed E-state index contributed by atoms with van der Waals surface area (Å²) in [5, 5.41) is 0. The average molecular weight is 165 g/mol. The van der Waals surface area contributed by atoms with E-state index in [1.165, 1.54) is 0 Å². The van der Waals surface area contributed by atoms with Crippen LogP contribution in [0.25, 0.3) is 0 Å². The summed E-state index contributed by atoms with van der Waals surface area (Å²) in [6.45, 7) is 3.58. The molecule has 1 aliphatic carbocycles. The fourth-order valence-electron chi connectivity index (χ4n) is 1.40. The van der Waals surface area contributed by atoms with Crippen LogP contribution in [0.2, 0.25) is 0 Å². The van der Waals surface area contributed by atoms with Gasteiger partial charge >= 0.3 is 0 Å². The second kappa shape index (κ2) is 4.21. The Bertz CT molecular complexity index is 208. The molecule has 1 rings (SSSR count). The van der Waals surface area contributed by atoms with E-state index in [0.717, 1.165) is 12.8 Å². The fraction of sp³-hybridized carbons (Fsp3) is 0.500. The van der Waals surface area contributed by atoms with Crippen molar-refractivity contribution in [3.63, 3.8) is 0 Å². The van der Waals surface area contributed by atoms with Gasteiger partial charge in [-0.05, 0) is 12.8 Å². The average Bonchev–Trinajstić information content (AvgIpc) is 2.47. The van der Waals surface area contributed by atoms with Crippen LogP contribution in [-0.4, -0.2) is 11.8 Å². The summed E-state index contributed by atoms with van der Waals surface area (Å²) in [6, 6.07) is 0.0858. The third kappa shape index (κ3) is 2.31. The maximum atomic E-state index is 11.4. The third-order valence-electron chi connectivity index (χ3n) is 2.13. The lowest BCUT2D eigenvalue weighted by Crippen LogP contribution is -2.18. The highest BCUT2D eigenvalue weighted by molar-refractivity contribution is 5.83. The van der Waals surface area contributed by atoms with Crippen molar-refractivity contribution >= 4 is 5.78 Å². The predicted octanol–water partition coefficient (Wildman–Crippen LogP) is 1.43. The fourth-order valence-corrected chi connectivity index (χ4v) is 1.40. The minimum absolute atomic E-state index is 0.0694. The molecule has 0 aromatic rings. The normalized spacial score (nSPS) is 27.4. The maximum absolute atomic E-state index is 11.4. The molecule has 0 heterocycles. The second-order valence-corrected chi connectivity index (χ2v) is 3.18. The third-order valence-corrected chi connectivity index (χ3v) is 2.13. The van der Waals surface area contributed by atoms with Crippen LogP contribution >= 0.6 is 0 Å². The largest absolute Gasteiger partial charge is 0.324 e. The standard InChI is InChI=1S/C10H15NO/c1-2-3-4-10(12)8-5-6-9(11)7-8/h2,5-6,8-9H,1,3-4,7,11H2. The number of hydrogen-bond acceptors (Lipinski definition) is 2. The molecule has 2 atom stereocenters. The number of Topliss-reactive ketones (excluding diaryl/α,β-unsaturated/α-hetero) is 1. The van der Waals surface area contributed by atoms with Crippen molar-refractivity contribution < 1.29 is 4.79 Å². The Morgan fingerprint density at radius 3 is 2.92 bits per heavy atom. The Morgan fingerprint density at radius 1 is 1.67 bits per heavy atom. The molecule has 0 aromatic heterocycles. The van der Waals surface area contributed by atoms with Crippen LogP contribution < -0.4 is 5.73 Å². The molecule has 0 spiro atoms. The second-order valence-electron chi connectivity index (χ2n) is 3.18. The molecule has 0 saturated carbocycles. The van der Waals surface area contributed by atoms with Crippen molar-refractivity contribution in [2.24, 2.45) is 11.7 Å². The van der Waals surface area contributed by atoms with E-state index < -0.39 is 0 Å². The Labute approximate surface area is 73.1 Å². The smallest absolute Gasteiger partial charge is 0.140 e. The van der Waals surface area contributed by atoms with Gasteiger partial charge in [0.05, 0.1) is 0 Å². The van der Waals surface area contributed by atoms with Gasteiger partial charge in [-0.3, -0.25) is 4.79 Å². The van der Waals surface area contributed by atoms with Crippen LogP contribution in [-0.2, 0) is 4.79 Å². The molecule has 2 heteroatoms. The van der Waals surface area contributed by atoms with Crippen LogP contribution in [0, 0.1) is 5.92 Å².